The van der Waals surface area contributed by atoms with Gasteiger partial charge in [-0.25, -0.2) is 9.18 Å². The number of carboxylic acids is 1. The summed E-state index contributed by atoms with van der Waals surface area (Å²) >= 11 is 0. The summed E-state index contributed by atoms with van der Waals surface area (Å²) in [7, 11) is 0. The first-order valence-corrected chi connectivity index (χ1v) is 6.18. The molecule has 2 N–H and O–H groups in total. The Morgan fingerprint density at radius 1 is 1.05 bits per heavy atom. The molecule has 0 fully saturated rings. The molecule has 0 aliphatic rings. The molecule has 0 atom stereocenters. The van der Waals surface area contributed by atoms with Crippen LogP contribution in [0.25, 0.3) is 0 Å². The van der Waals surface area contributed by atoms with Gasteiger partial charge in [0.25, 0.3) is 0 Å². The Labute approximate surface area is 120 Å². The number of benzene rings is 2. The van der Waals surface area contributed by atoms with E-state index in [0.717, 1.165) is 4.90 Å². The number of carbonyl (C=O) groups excluding carboxylic acids is 1. The molecule has 0 spiro atoms. The van der Waals surface area contributed by atoms with Crippen LogP contribution in [0.15, 0.2) is 54.6 Å². The van der Waals surface area contributed by atoms with Crippen LogP contribution in [0.5, 0.6) is 0 Å². The van der Waals surface area contributed by atoms with Gasteiger partial charge in [-0.3, -0.25) is 9.69 Å². The number of amides is 2. The van der Waals surface area contributed by atoms with E-state index in [1.165, 1.54) is 18.2 Å². The first kappa shape index (κ1) is 14.5. The molecule has 2 rings (SSSR count). The molecule has 2 aromatic rings. The lowest BCUT2D eigenvalue weighted by Crippen LogP contribution is -2.39. The lowest BCUT2D eigenvalue weighted by molar-refractivity contribution is -0.135. The van der Waals surface area contributed by atoms with Gasteiger partial charge < -0.3 is 10.4 Å². The van der Waals surface area contributed by atoms with Crippen molar-refractivity contribution in [2.75, 3.05) is 16.8 Å². The van der Waals surface area contributed by atoms with E-state index >= 15 is 0 Å². The van der Waals surface area contributed by atoms with Crippen LogP contribution in [-0.2, 0) is 4.79 Å². The number of carbonyl (C=O) groups is 2. The van der Waals surface area contributed by atoms with Crippen molar-refractivity contribution in [2.45, 2.75) is 0 Å². The Balaban J connectivity index is 2.23. The highest BCUT2D eigenvalue weighted by Gasteiger charge is 2.19. The van der Waals surface area contributed by atoms with Crippen molar-refractivity contribution < 1.29 is 19.1 Å². The Bertz CT molecular complexity index is 646. The first-order valence-electron chi connectivity index (χ1n) is 6.18. The maximum Gasteiger partial charge on any atom is 0.326 e. The van der Waals surface area contributed by atoms with Gasteiger partial charge >= 0.3 is 12.0 Å². The number of anilines is 2. The quantitative estimate of drug-likeness (QED) is 0.908. The highest BCUT2D eigenvalue weighted by Crippen LogP contribution is 2.17. The number of rotatable bonds is 4. The third kappa shape index (κ3) is 3.79. The Hall–Kier alpha value is -2.89. The smallest absolute Gasteiger partial charge is 0.326 e. The number of hydrogen-bond donors (Lipinski definition) is 2. The van der Waals surface area contributed by atoms with Crippen LogP contribution < -0.4 is 10.2 Å². The fourth-order valence-corrected chi connectivity index (χ4v) is 1.77. The van der Waals surface area contributed by atoms with Gasteiger partial charge in [-0.2, -0.15) is 0 Å². The van der Waals surface area contributed by atoms with E-state index in [0.29, 0.717) is 5.69 Å². The molecule has 2 aromatic carbocycles. The van der Waals surface area contributed by atoms with E-state index in [2.05, 4.69) is 5.32 Å². The van der Waals surface area contributed by atoms with Crippen LogP contribution in [0.2, 0.25) is 0 Å². The molecule has 0 bridgehead atoms. The maximum absolute atomic E-state index is 13.5. The summed E-state index contributed by atoms with van der Waals surface area (Å²) in [5.74, 6) is -1.75. The predicted octanol–water partition coefficient (Wildman–Crippen LogP) is 2.95. The fraction of sp³-hybridized carbons (Fsp3) is 0.0667. The molecule has 0 saturated carbocycles. The highest BCUT2D eigenvalue weighted by atomic mass is 19.1. The van der Waals surface area contributed by atoms with Crippen LogP contribution in [0.3, 0.4) is 0 Å². The van der Waals surface area contributed by atoms with Gasteiger partial charge in [0.15, 0.2) is 0 Å². The van der Waals surface area contributed by atoms with E-state index < -0.39 is 24.4 Å². The average molecular weight is 288 g/mol. The maximum atomic E-state index is 13.5. The lowest BCUT2D eigenvalue weighted by Gasteiger charge is -2.21. The summed E-state index contributed by atoms with van der Waals surface area (Å²) in [5, 5.41) is 11.3. The molecular formula is C15H13FN2O3. The highest BCUT2D eigenvalue weighted by molar-refractivity contribution is 6.04. The molecular weight excluding hydrogens is 275 g/mol. The normalized spacial score (nSPS) is 9.95. The zero-order chi connectivity index (χ0) is 15.2. The third-order valence-electron chi connectivity index (χ3n) is 2.72. The van der Waals surface area contributed by atoms with Crippen LogP contribution in [0, 0.1) is 5.82 Å². The molecule has 108 valence electrons. The monoisotopic (exact) mass is 288 g/mol. The largest absolute Gasteiger partial charge is 0.480 e. The zero-order valence-corrected chi connectivity index (χ0v) is 11.0. The molecule has 0 aromatic heterocycles. The molecule has 0 saturated heterocycles. The number of para-hydroxylation sites is 2. The number of urea groups is 1. The first-order chi connectivity index (χ1) is 10.1. The molecule has 21 heavy (non-hydrogen) atoms. The van der Waals surface area contributed by atoms with Crippen LogP contribution in [-0.4, -0.2) is 23.7 Å². The molecule has 6 heteroatoms. The summed E-state index contributed by atoms with van der Waals surface area (Å²) in [6.45, 7) is -0.524. The number of halogens is 1. The zero-order valence-electron chi connectivity index (χ0n) is 11.0. The van der Waals surface area contributed by atoms with Crippen molar-refractivity contribution >= 4 is 23.4 Å². The minimum Gasteiger partial charge on any atom is -0.480 e. The second kappa shape index (κ2) is 6.51. The van der Waals surface area contributed by atoms with Gasteiger partial charge in [-0.1, -0.05) is 30.3 Å². The number of hydrogen-bond acceptors (Lipinski definition) is 2. The van der Waals surface area contributed by atoms with Crippen molar-refractivity contribution in [1.82, 2.24) is 0 Å². The van der Waals surface area contributed by atoms with Gasteiger partial charge in [0.05, 0.1) is 5.69 Å². The summed E-state index contributed by atoms with van der Waals surface area (Å²) in [5.41, 5.74) is 0.405. The SMILES string of the molecule is O=C(O)CN(C(=O)Nc1ccccc1F)c1ccccc1. The number of carboxylic acid groups (broad SMARTS) is 1. The number of nitrogens with one attached hydrogen (secondary N) is 1. The standard InChI is InChI=1S/C15H13FN2O3/c16-12-8-4-5-9-13(12)17-15(21)18(10-14(19)20)11-6-2-1-3-7-11/h1-9H,10H2,(H,17,21)(H,19,20). The van der Waals surface area contributed by atoms with E-state index in [1.54, 1.807) is 36.4 Å². The second-order valence-electron chi connectivity index (χ2n) is 4.23. The van der Waals surface area contributed by atoms with Gasteiger partial charge in [0, 0.05) is 5.69 Å². The van der Waals surface area contributed by atoms with Gasteiger partial charge in [0.2, 0.25) is 0 Å². The fourth-order valence-electron chi connectivity index (χ4n) is 1.77. The molecule has 5 nitrogen and oxygen atoms in total. The topological polar surface area (TPSA) is 69.6 Å². The van der Waals surface area contributed by atoms with Crippen LogP contribution in [0.4, 0.5) is 20.6 Å². The molecule has 0 heterocycles. The van der Waals surface area contributed by atoms with Gasteiger partial charge in [-0.05, 0) is 24.3 Å². The minimum atomic E-state index is -1.16. The lowest BCUT2D eigenvalue weighted by atomic mass is 10.3. The van der Waals surface area contributed by atoms with Crippen LogP contribution in [0.1, 0.15) is 0 Å². The molecule has 0 unspecified atom stereocenters. The van der Waals surface area contributed by atoms with E-state index in [4.69, 9.17) is 5.11 Å². The summed E-state index contributed by atoms with van der Waals surface area (Å²) in [6, 6.07) is 13.3. The molecule has 0 aliphatic heterocycles. The van der Waals surface area contributed by atoms with Gasteiger partial charge in [0.1, 0.15) is 12.4 Å². The van der Waals surface area contributed by atoms with Crippen molar-refractivity contribution in [3.8, 4) is 0 Å². The summed E-state index contributed by atoms with van der Waals surface area (Å²) < 4.78 is 13.5. The second-order valence-corrected chi connectivity index (χ2v) is 4.23. The minimum absolute atomic E-state index is 0.00572. The summed E-state index contributed by atoms with van der Waals surface area (Å²) in [6.07, 6.45) is 0. The average Bonchev–Trinajstić information content (AvgIpc) is 2.48. The molecule has 0 aliphatic carbocycles. The third-order valence-corrected chi connectivity index (χ3v) is 2.72. The van der Waals surface area contributed by atoms with Crippen molar-refractivity contribution in [2.24, 2.45) is 0 Å². The van der Waals surface area contributed by atoms with Crippen molar-refractivity contribution in [3.05, 3.63) is 60.4 Å². The summed E-state index contributed by atoms with van der Waals surface area (Å²) in [4.78, 5) is 24.1. The van der Waals surface area contributed by atoms with E-state index in [-0.39, 0.29) is 5.69 Å². The Morgan fingerprint density at radius 2 is 1.67 bits per heavy atom. The van der Waals surface area contributed by atoms with Crippen molar-refractivity contribution in [1.29, 1.82) is 0 Å². The van der Waals surface area contributed by atoms with Gasteiger partial charge in [-0.15, -0.1) is 0 Å². The number of aliphatic carboxylic acids is 1. The Morgan fingerprint density at radius 3 is 2.29 bits per heavy atom. The van der Waals surface area contributed by atoms with E-state index in [1.807, 2.05) is 0 Å². The predicted molar refractivity (Wildman–Crippen MR) is 76.8 cm³/mol. The van der Waals surface area contributed by atoms with E-state index in [9.17, 15) is 14.0 Å². The molecule has 2 amide bonds. The van der Waals surface area contributed by atoms with Crippen molar-refractivity contribution in [3.63, 3.8) is 0 Å². The Kier molecular flexibility index (Phi) is 4.50. The van der Waals surface area contributed by atoms with Crippen LogP contribution >= 0.6 is 0 Å². The molecule has 0 radical (unpaired) electrons. The number of nitrogens with zero attached hydrogens (tertiary/aromatic N) is 1.